The summed E-state index contributed by atoms with van der Waals surface area (Å²) in [7, 11) is 1.47. The summed E-state index contributed by atoms with van der Waals surface area (Å²) in [6.45, 7) is 1.85. The molecule has 1 aliphatic rings. The highest BCUT2D eigenvalue weighted by Crippen LogP contribution is 2.20. The number of nitrogens with one attached hydrogen (secondary N) is 1. The van der Waals surface area contributed by atoms with E-state index in [0.29, 0.717) is 10.8 Å². The van der Waals surface area contributed by atoms with E-state index in [0.717, 1.165) is 25.9 Å². The van der Waals surface area contributed by atoms with Gasteiger partial charge >= 0.3 is 6.01 Å². The number of hydrogen-bond acceptors (Lipinski definition) is 5. The standard InChI is InChI=1S/C11H15ClN4O2/c1-18-11-14-6-8(12)10(15-11)13-7-9(17)16-4-2-3-5-16/h6H,2-5,7H2,1H3,(H,13,14,15). The Morgan fingerprint density at radius 2 is 2.28 bits per heavy atom. The third-order valence-corrected chi connectivity index (χ3v) is 3.05. The number of anilines is 1. The van der Waals surface area contributed by atoms with Crippen molar-refractivity contribution in [3.63, 3.8) is 0 Å². The Kier molecular flexibility index (Phi) is 4.19. The van der Waals surface area contributed by atoms with Crippen LogP contribution in [-0.2, 0) is 4.79 Å². The molecule has 1 saturated heterocycles. The number of hydrogen-bond donors (Lipinski definition) is 1. The molecule has 1 amide bonds. The fraction of sp³-hybridized carbons (Fsp3) is 0.545. The van der Waals surface area contributed by atoms with Gasteiger partial charge in [-0.05, 0) is 12.8 Å². The van der Waals surface area contributed by atoms with Gasteiger partial charge in [0.15, 0.2) is 5.82 Å². The highest BCUT2D eigenvalue weighted by molar-refractivity contribution is 6.32. The summed E-state index contributed by atoms with van der Waals surface area (Å²) in [6.07, 6.45) is 3.59. The van der Waals surface area contributed by atoms with Gasteiger partial charge < -0.3 is 15.0 Å². The van der Waals surface area contributed by atoms with Gasteiger partial charge in [0.25, 0.3) is 0 Å². The Hall–Kier alpha value is -1.56. The van der Waals surface area contributed by atoms with E-state index in [4.69, 9.17) is 16.3 Å². The minimum atomic E-state index is 0.0566. The maximum Gasteiger partial charge on any atom is 0.318 e. The summed E-state index contributed by atoms with van der Waals surface area (Å²) in [5.41, 5.74) is 0. The molecule has 2 rings (SSSR count). The summed E-state index contributed by atoms with van der Waals surface area (Å²) < 4.78 is 4.90. The maximum atomic E-state index is 11.8. The molecule has 0 saturated carbocycles. The van der Waals surface area contributed by atoms with Crippen LogP contribution in [0.1, 0.15) is 12.8 Å². The SMILES string of the molecule is COc1ncc(Cl)c(NCC(=O)N2CCCC2)n1. The second-order valence-electron chi connectivity index (χ2n) is 3.99. The zero-order valence-electron chi connectivity index (χ0n) is 10.1. The molecule has 1 aromatic heterocycles. The van der Waals surface area contributed by atoms with Crippen molar-refractivity contribution < 1.29 is 9.53 Å². The number of halogens is 1. The molecular weight excluding hydrogens is 256 g/mol. The molecule has 0 atom stereocenters. The van der Waals surface area contributed by atoms with Crippen molar-refractivity contribution in [1.82, 2.24) is 14.9 Å². The number of amides is 1. The first-order valence-electron chi connectivity index (χ1n) is 5.79. The monoisotopic (exact) mass is 270 g/mol. The van der Waals surface area contributed by atoms with Crippen molar-refractivity contribution in [1.29, 1.82) is 0 Å². The van der Waals surface area contributed by atoms with Gasteiger partial charge in [0.2, 0.25) is 5.91 Å². The average molecular weight is 271 g/mol. The highest BCUT2D eigenvalue weighted by atomic mass is 35.5. The molecule has 18 heavy (non-hydrogen) atoms. The van der Waals surface area contributed by atoms with Crippen LogP contribution in [0.25, 0.3) is 0 Å². The van der Waals surface area contributed by atoms with Crippen molar-refractivity contribution in [3.05, 3.63) is 11.2 Å². The highest BCUT2D eigenvalue weighted by Gasteiger charge is 2.18. The van der Waals surface area contributed by atoms with Crippen LogP contribution in [0.3, 0.4) is 0 Å². The van der Waals surface area contributed by atoms with E-state index >= 15 is 0 Å². The Labute approximate surface area is 110 Å². The summed E-state index contributed by atoms with van der Waals surface area (Å²) in [4.78, 5) is 21.6. The number of ether oxygens (including phenoxy) is 1. The quantitative estimate of drug-likeness (QED) is 0.890. The third-order valence-electron chi connectivity index (χ3n) is 2.77. The molecule has 0 aromatic carbocycles. The summed E-state index contributed by atoms with van der Waals surface area (Å²) in [5.74, 6) is 0.470. The van der Waals surface area contributed by atoms with E-state index < -0.39 is 0 Å². The first kappa shape index (κ1) is 12.9. The predicted octanol–water partition coefficient (Wildman–Crippen LogP) is 1.17. The van der Waals surface area contributed by atoms with E-state index in [-0.39, 0.29) is 18.5 Å². The fourth-order valence-corrected chi connectivity index (χ4v) is 1.97. The van der Waals surface area contributed by atoms with Crippen molar-refractivity contribution in [2.75, 3.05) is 32.1 Å². The molecule has 1 aromatic rings. The normalized spacial score (nSPS) is 14.7. The predicted molar refractivity (Wildman–Crippen MR) is 67.9 cm³/mol. The minimum Gasteiger partial charge on any atom is -0.467 e. The maximum absolute atomic E-state index is 11.8. The zero-order chi connectivity index (χ0) is 13.0. The second kappa shape index (κ2) is 5.86. The molecule has 2 heterocycles. The van der Waals surface area contributed by atoms with Crippen molar-refractivity contribution in [3.8, 4) is 6.01 Å². The summed E-state index contributed by atoms with van der Waals surface area (Å²) in [6, 6.07) is 0.218. The van der Waals surface area contributed by atoms with Gasteiger partial charge in [-0.1, -0.05) is 11.6 Å². The number of carbonyl (C=O) groups is 1. The fourth-order valence-electron chi connectivity index (χ4n) is 1.81. The third kappa shape index (κ3) is 3.01. The van der Waals surface area contributed by atoms with Crippen LogP contribution in [0, 0.1) is 0 Å². The Bertz CT molecular complexity index is 435. The molecule has 98 valence electrons. The molecule has 1 fully saturated rings. The van der Waals surface area contributed by atoms with Gasteiger partial charge in [-0.25, -0.2) is 4.98 Å². The van der Waals surface area contributed by atoms with E-state index in [1.165, 1.54) is 13.3 Å². The Morgan fingerprint density at radius 1 is 1.56 bits per heavy atom. The van der Waals surface area contributed by atoms with Crippen LogP contribution >= 0.6 is 11.6 Å². The van der Waals surface area contributed by atoms with Crippen LogP contribution in [-0.4, -0.2) is 47.5 Å². The number of methoxy groups -OCH3 is 1. The van der Waals surface area contributed by atoms with E-state index in [2.05, 4.69) is 15.3 Å². The molecule has 7 heteroatoms. The van der Waals surface area contributed by atoms with Gasteiger partial charge in [0.05, 0.1) is 19.9 Å². The molecule has 1 aliphatic heterocycles. The molecule has 0 radical (unpaired) electrons. The topological polar surface area (TPSA) is 67.3 Å². The van der Waals surface area contributed by atoms with Crippen LogP contribution in [0.5, 0.6) is 6.01 Å². The van der Waals surface area contributed by atoms with Crippen LogP contribution in [0.2, 0.25) is 5.02 Å². The molecule has 0 spiro atoms. The lowest BCUT2D eigenvalue weighted by molar-refractivity contribution is -0.128. The molecule has 1 N–H and O–H groups in total. The van der Waals surface area contributed by atoms with Crippen LogP contribution < -0.4 is 10.1 Å². The Morgan fingerprint density at radius 3 is 2.94 bits per heavy atom. The van der Waals surface area contributed by atoms with Crippen LogP contribution in [0.15, 0.2) is 6.20 Å². The second-order valence-corrected chi connectivity index (χ2v) is 4.40. The van der Waals surface area contributed by atoms with Gasteiger partial charge in [0, 0.05) is 13.1 Å². The minimum absolute atomic E-state index is 0.0566. The van der Waals surface area contributed by atoms with E-state index in [9.17, 15) is 4.79 Å². The van der Waals surface area contributed by atoms with Gasteiger partial charge in [-0.2, -0.15) is 4.98 Å². The molecule has 0 bridgehead atoms. The number of nitrogens with zero attached hydrogens (tertiary/aromatic N) is 3. The first-order valence-corrected chi connectivity index (χ1v) is 6.16. The Balaban J connectivity index is 1.94. The number of carbonyl (C=O) groups excluding carboxylic acids is 1. The summed E-state index contributed by atoms with van der Waals surface area (Å²) in [5, 5.41) is 3.28. The van der Waals surface area contributed by atoms with Crippen molar-refractivity contribution in [2.45, 2.75) is 12.8 Å². The summed E-state index contributed by atoms with van der Waals surface area (Å²) >= 11 is 5.93. The molecule has 6 nitrogen and oxygen atoms in total. The van der Waals surface area contributed by atoms with E-state index in [1.54, 1.807) is 0 Å². The lowest BCUT2D eigenvalue weighted by Gasteiger charge is -2.16. The lowest BCUT2D eigenvalue weighted by atomic mass is 10.4. The van der Waals surface area contributed by atoms with Gasteiger partial charge in [-0.3, -0.25) is 4.79 Å². The van der Waals surface area contributed by atoms with E-state index in [1.807, 2.05) is 4.90 Å². The number of aromatic nitrogens is 2. The van der Waals surface area contributed by atoms with Gasteiger partial charge in [-0.15, -0.1) is 0 Å². The van der Waals surface area contributed by atoms with Crippen molar-refractivity contribution in [2.24, 2.45) is 0 Å². The number of likely N-dealkylation sites (tertiary alicyclic amines) is 1. The molecular formula is C11H15ClN4O2. The van der Waals surface area contributed by atoms with Crippen LogP contribution in [0.4, 0.5) is 5.82 Å². The number of rotatable bonds is 4. The largest absolute Gasteiger partial charge is 0.467 e. The first-order chi connectivity index (χ1) is 8.70. The zero-order valence-corrected chi connectivity index (χ0v) is 10.9. The molecule has 0 aliphatic carbocycles. The lowest BCUT2D eigenvalue weighted by Crippen LogP contribution is -2.33. The van der Waals surface area contributed by atoms with Crippen molar-refractivity contribution >= 4 is 23.3 Å². The molecule has 0 unspecified atom stereocenters. The smallest absolute Gasteiger partial charge is 0.318 e. The average Bonchev–Trinajstić information content (AvgIpc) is 2.91. The van der Waals surface area contributed by atoms with Gasteiger partial charge in [0.1, 0.15) is 5.02 Å².